The molecule has 9 heteroatoms. The van der Waals surface area contributed by atoms with Crippen molar-refractivity contribution < 1.29 is 28.2 Å². The normalized spacial score (nSPS) is 19.8. The second-order valence-electron chi connectivity index (χ2n) is 10.5. The Hall–Kier alpha value is -4.24. The van der Waals surface area contributed by atoms with Crippen molar-refractivity contribution in [2.45, 2.75) is 32.4 Å². The number of ether oxygens (including phenoxy) is 2. The zero-order valence-corrected chi connectivity index (χ0v) is 23.8. The summed E-state index contributed by atoms with van der Waals surface area (Å²) in [5.41, 5.74) is 1.59. The molecule has 1 heterocycles. The van der Waals surface area contributed by atoms with E-state index in [1.807, 2.05) is 44.2 Å². The van der Waals surface area contributed by atoms with Crippen LogP contribution < -0.4 is 10.1 Å². The average Bonchev–Trinajstić information content (AvgIpc) is 2.97. The Kier molecular flexibility index (Phi) is 9.73. The van der Waals surface area contributed by atoms with Gasteiger partial charge in [0.05, 0.1) is 29.7 Å². The van der Waals surface area contributed by atoms with Crippen LogP contribution in [0, 0.1) is 11.7 Å². The number of likely N-dealkylation sites (N-methyl/N-ethyl adjacent to an activating group) is 1. The Morgan fingerprint density at radius 1 is 1.02 bits per heavy atom. The van der Waals surface area contributed by atoms with Crippen LogP contribution in [0.25, 0.3) is 0 Å². The predicted molar refractivity (Wildman–Crippen MR) is 155 cm³/mol. The van der Waals surface area contributed by atoms with E-state index < -0.39 is 23.9 Å². The first-order chi connectivity index (χ1) is 19.7. The molecule has 0 fully saturated rings. The predicted octanol–water partition coefficient (Wildman–Crippen LogP) is 4.65. The lowest BCUT2D eigenvalue weighted by Crippen LogP contribution is -2.48. The Labute approximate surface area is 240 Å². The molecule has 3 aromatic rings. The van der Waals surface area contributed by atoms with Crippen LogP contribution in [0.4, 0.5) is 10.1 Å². The maximum Gasteiger partial charge on any atom is 0.257 e. The lowest BCUT2D eigenvalue weighted by Gasteiger charge is -2.36. The molecule has 3 aromatic carbocycles. The largest absolute Gasteiger partial charge is 0.491 e. The number of halogens is 1. The highest BCUT2D eigenvalue weighted by Gasteiger charge is 2.31. The highest BCUT2D eigenvalue weighted by atomic mass is 19.1. The summed E-state index contributed by atoms with van der Waals surface area (Å²) in [6, 6.07) is 19.7. The topological polar surface area (TPSA) is 88.2 Å². The van der Waals surface area contributed by atoms with Gasteiger partial charge in [-0.05, 0) is 42.8 Å². The van der Waals surface area contributed by atoms with Crippen LogP contribution in [0.5, 0.6) is 5.75 Å². The summed E-state index contributed by atoms with van der Waals surface area (Å²) in [4.78, 5) is 42.9. The lowest BCUT2D eigenvalue weighted by atomic mass is 10.0. The van der Waals surface area contributed by atoms with Gasteiger partial charge in [0.1, 0.15) is 18.2 Å². The second kappa shape index (κ2) is 13.4. The number of rotatable bonds is 5. The molecule has 8 nitrogen and oxygen atoms in total. The molecule has 0 saturated carbocycles. The molecule has 0 spiro atoms. The van der Waals surface area contributed by atoms with E-state index in [1.165, 1.54) is 17.0 Å². The van der Waals surface area contributed by atoms with Crippen LogP contribution in [0.1, 0.15) is 40.1 Å². The lowest BCUT2D eigenvalue weighted by molar-refractivity contribution is -0.115. The van der Waals surface area contributed by atoms with E-state index >= 15 is 0 Å². The maximum absolute atomic E-state index is 14.6. The zero-order valence-electron chi connectivity index (χ0n) is 23.8. The molecular weight excluding hydrogens is 525 g/mol. The molecule has 0 aromatic heterocycles. The highest BCUT2D eigenvalue weighted by molar-refractivity contribution is 6.00. The number of carbonyl (C=O) groups is 3. The SMILES string of the molecule is CO[C@@H]1CN(C)C(=O)c2cc(NC(=O)Cc3ccccc3)ccc2OC[C@H](C)N(C(=O)c2ccccc2F)C[C@@H]1C. The van der Waals surface area contributed by atoms with Crippen molar-refractivity contribution in [3.63, 3.8) is 0 Å². The molecule has 0 unspecified atom stereocenters. The number of fused-ring (bicyclic) bond motifs is 1. The average molecular weight is 562 g/mol. The van der Waals surface area contributed by atoms with Gasteiger partial charge in [-0.25, -0.2) is 4.39 Å². The van der Waals surface area contributed by atoms with Gasteiger partial charge in [-0.15, -0.1) is 0 Å². The standard InChI is InChI=1S/C32H36FN3O5/c1-21-18-36(32(39)25-12-8-9-13-27(25)33)22(2)20-41-28-15-14-24(34-30(37)16-23-10-6-5-7-11-23)17-26(28)31(38)35(3)19-29(21)40-4/h5-15,17,21-22,29H,16,18-20H2,1-4H3,(H,34,37)/t21-,22-,29+/m0/s1. The van der Waals surface area contributed by atoms with Gasteiger partial charge in [0.15, 0.2) is 0 Å². The van der Waals surface area contributed by atoms with Crippen LogP contribution >= 0.6 is 0 Å². The number of amides is 3. The summed E-state index contributed by atoms with van der Waals surface area (Å²) in [5.74, 6) is -1.41. The van der Waals surface area contributed by atoms with Gasteiger partial charge in [0.2, 0.25) is 5.91 Å². The smallest absolute Gasteiger partial charge is 0.257 e. The number of anilines is 1. The van der Waals surface area contributed by atoms with Crippen LogP contribution in [0.15, 0.2) is 72.8 Å². The van der Waals surface area contributed by atoms with E-state index in [2.05, 4.69) is 5.32 Å². The number of methoxy groups -OCH3 is 1. The third kappa shape index (κ3) is 7.29. The molecular formula is C32H36FN3O5. The van der Waals surface area contributed by atoms with Crippen molar-refractivity contribution in [3.8, 4) is 5.75 Å². The van der Waals surface area contributed by atoms with Gasteiger partial charge < -0.3 is 24.6 Å². The van der Waals surface area contributed by atoms with Crippen LogP contribution in [0.2, 0.25) is 0 Å². The highest BCUT2D eigenvalue weighted by Crippen LogP contribution is 2.27. The van der Waals surface area contributed by atoms with E-state index in [0.717, 1.165) is 5.56 Å². The fourth-order valence-electron chi connectivity index (χ4n) is 4.91. The molecule has 1 aliphatic heterocycles. The second-order valence-corrected chi connectivity index (χ2v) is 10.5. The summed E-state index contributed by atoms with van der Waals surface area (Å²) in [6.45, 7) is 4.34. The van der Waals surface area contributed by atoms with Crippen LogP contribution in [-0.4, -0.2) is 73.5 Å². The molecule has 1 N–H and O–H groups in total. The van der Waals surface area contributed by atoms with Gasteiger partial charge >= 0.3 is 0 Å². The van der Waals surface area contributed by atoms with E-state index in [9.17, 15) is 18.8 Å². The fourth-order valence-corrected chi connectivity index (χ4v) is 4.91. The molecule has 0 aliphatic carbocycles. The quantitative estimate of drug-likeness (QED) is 0.490. The first kappa shape index (κ1) is 29.7. The summed E-state index contributed by atoms with van der Waals surface area (Å²) in [5, 5.41) is 2.87. The van der Waals surface area contributed by atoms with Gasteiger partial charge in [0, 0.05) is 38.9 Å². The van der Waals surface area contributed by atoms with Gasteiger partial charge in [-0.2, -0.15) is 0 Å². The molecule has 0 bridgehead atoms. The minimum Gasteiger partial charge on any atom is -0.491 e. The van der Waals surface area contributed by atoms with E-state index in [-0.39, 0.29) is 55.0 Å². The monoisotopic (exact) mass is 561 g/mol. The van der Waals surface area contributed by atoms with Crippen molar-refractivity contribution in [1.82, 2.24) is 9.80 Å². The Morgan fingerprint density at radius 3 is 2.44 bits per heavy atom. The van der Waals surface area contributed by atoms with E-state index in [4.69, 9.17) is 9.47 Å². The van der Waals surface area contributed by atoms with Gasteiger partial charge in [0.25, 0.3) is 11.8 Å². The summed E-state index contributed by atoms with van der Waals surface area (Å²) < 4.78 is 26.4. The number of hydrogen-bond acceptors (Lipinski definition) is 5. The van der Waals surface area contributed by atoms with Crippen molar-refractivity contribution in [2.75, 3.05) is 39.2 Å². The number of carbonyl (C=O) groups excluding carboxylic acids is 3. The number of nitrogens with zero attached hydrogens (tertiary/aromatic N) is 2. The molecule has 1 aliphatic rings. The van der Waals surface area contributed by atoms with Crippen molar-refractivity contribution in [1.29, 1.82) is 0 Å². The Morgan fingerprint density at radius 2 is 1.73 bits per heavy atom. The first-order valence-electron chi connectivity index (χ1n) is 13.6. The minimum atomic E-state index is -0.592. The minimum absolute atomic E-state index is 0.0174. The third-order valence-corrected chi connectivity index (χ3v) is 7.30. The molecule has 3 atom stereocenters. The van der Waals surface area contributed by atoms with E-state index in [1.54, 1.807) is 49.4 Å². The molecule has 0 saturated heterocycles. The van der Waals surface area contributed by atoms with Crippen molar-refractivity contribution in [3.05, 3.63) is 95.3 Å². The van der Waals surface area contributed by atoms with Crippen molar-refractivity contribution in [2.24, 2.45) is 5.92 Å². The zero-order chi connectivity index (χ0) is 29.5. The third-order valence-electron chi connectivity index (χ3n) is 7.30. The molecule has 216 valence electrons. The number of hydrogen-bond donors (Lipinski definition) is 1. The first-order valence-corrected chi connectivity index (χ1v) is 13.6. The molecule has 3 amide bonds. The van der Waals surface area contributed by atoms with Crippen LogP contribution in [-0.2, 0) is 16.0 Å². The summed E-state index contributed by atoms with van der Waals surface area (Å²) >= 11 is 0. The number of benzene rings is 3. The summed E-state index contributed by atoms with van der Waals surface area (Å²) in [7, 11) is 3.23. The molecule has 0 radical (unpaired) electrons. The van der Waals surface area contributed by atoms with Gasteiger partial charge in [-0.1, -0.05) is 49.4 Å². The fraction of sp³-hybridized carbons (Fsp3) is 0.344. The summed E-state index contributed by atoms with van der Waals surface area (Å²) in [6.07, 6.45) is -0.205. The Bertz CT molecular complexity index is 1380. The molecule has 4 rings (SSSR count). The van der Waals surface area contributed by atoms with Crippen LogP contribution in [0.3, 0.4) is 0 Å². The van der Waals surface area contributed by atoms with Crippen molar-refractivity contribution >= 4 is 23.4 Å². The number of nitrogens with one attached hydrogen (secondary N) is 1. The molecule has 41 heavy (non-hydrogen) atoms. The Balaban J connectivity index is 1.63. The van der Waals surface area contributed by atoms with E-state index in [0.29, 0.717) is 11.4 Å². The van der Waals surface area contributed by atoms with Gasteiger partial charge in [-0.3, -0.25) is 14.4 Å². The maximum atomic E-state index is 14.6.